The third kappa shape index (κ3) is 4.15. The molecule has 2 aromatic heterocycles. The molecule has 4 aromatic rings. The highest BCUT2D eigenvalue weighted by molar-refractivity contribution is 5.96. The molecule has 0 aliphatic rings. The van der Waals surface area contributed by atoms with Crippen molar-refractivity contribution in [3.63, 3.8) is 0 Å². The van der Waals surface area contributed by atoms with Crippen molar-refractivity contribution >= 4 is 28.6 Å². The molecule has 0 bridgehead atoms. The Balaban J connectivity index is 1.91. The zero-order valence-corrected chi connectivity index (χ0v) is 17.1. The second-order valence-corrected chi connectivity index (χ2v) is 6.82. The van der Waals surface area contributed by atoms with Crippen LogP contribution in [0, 0.1) is 0 Å². The van der Waals surface area contributed by atoms with Gasteiger partial charge in [0.1, 0.15) is 5.56 Å². The summed E-state index contributed by atoms with van der Waals surface area (Å²) in [5.41, 5.74) is 4.80. The number of aryl methyl sites for hydroxylation is 1. The molecule has 8 nitrogen and oxygen atoms in total. The molecule has 0 aliphatic carbocycles. The number of fused-ring (bicyclic) bond motifs is 1. The van der Waals surface area contributed by atoms with E-state index in [9.17, 15) is 9.59 Å². The molecule has 0 fully saturated rings. The second-order valence-electron chi connectivity index (χ2n) is 6.82. The number of rotatable bonds is 6. The molecule has 2 N–H and O–H groups in total. The molecule has 0 atom stereocenters. The van der Waals surface area contributed by atoms with E-state index in [0.29, 0.717) is 11.6 Å². The summed E-state index contributed by atoms with van der Waals surface area (Å²) in [6, 6.07) is 17.3. The summed E-state index contributed by atoms with van der Waals surface area (Å²) in [6.07, 6.45) is 3.80. The van der Waals surface area contributed by atoms with E-state index >= 15 is 0 Å². The fourth-order valence-electron chi connectivity index (χ4n) is 3.22. The monoisotopic (exact) mass is 415 g/mol. The number of amides is 1. The molecule has 2 aromatic carbocycles. The average Bonchev–Trinajstić information content (AvgIpc) is 2.80. The number of hydrogen-bond donors (Lipinski definition) is 2. The lowest BCUT2D eigenvalue weighted by molar-refractivity contribution is 0.0536. The van der Waals surface area contributed by atoms with E-state index in [2.05, 4.69) is 27.7 Å². The molecule has 4 rings (SSSR count). The zero-order chi connectivity index (χ0) is 21.8. The van der Waals surface area contributed by atoms with Crippen LogP contribution in [0.25, 0.3) is 16.7 Å². The van der Waals surface area contributed by atoms with Crippen LogP contribution >= 0.6 is 0 Å². The molecule has 0 saturated carbocycles. The average molecular weight is 415 g/mol. The number of anilines is 2. The first-order valence-corrected chi connectivity index (χ1v) is 9.78. The Morgan fingerprint density at radius 2 is 1.84 bits per heavy atom. The fraction of sp³-hybridized carbons (Fsp3) is 0.130. The number of pyridine rings is 1. The minimum atomic E-state index is -0.639. The maximum absolute atomic E-state index is 13.0. The van der Waals surface area contributed by atoms with E-state index in [4.69, 9.17) is 4.84 Å². The van der Waals surface area contributed by atoms with Gasteiger partial charge in [0.25, 0.3) is 5.91 Å². The van der Waals surface area contributed by atoms with Gasteiger partial charge in [0.05, 0.1) is 12.5 Å². The van der Waals surface area contributed by atoms with E-state index in [1.54, 1.807) is 4.57 Å². The summed E-state index contributed by atoms with van der Waals surface area (Å²) in [6.45, 7) is 2.08. The highest BCUT2D eigenvalue weighted by Crippen LogP contribution is 2.19. The number of hydroxylamine groups is 1. The number of carbonyl (C=O) groups excluding carboxylic acids is 1. The maximum atomic E-state index is 13.0. The quantitative estimate of drug-likeness (QED) is 0.469. The van der Waals surface area contributed by atoms with Crippen LogP contribution in [0.4, 0.5) is 11.6 Å². The summed E-state index contributed by atoms with van der Waals surface area (Å²) in [5, 5.41) is 3.36. The van der Waals surface area contributed by atoms with E-state index in [-0.39, 0.29) is 10.9 Å². The predicted octanol–water partition coefficient (Wildman–Crippen LogP) is 3.38. The van der Waals surface area contributed by atoms with Gasteiger partial charge in [-0.1, -0.05) is 37.3 Å². The standard InChI is InChI=1S/C23H21N5O3/c1-3-15-9-11-17(12-10-15)28-14-19(22(30)27-31-2)20(29)18-13-24-23(26-21(18)28)25-16-7-5-4-6-8-16/h4-14H,3H2,1-2H3,(H,27,30)(H,24,25,26). The van der Waals surface area contributed by atoms with Gasteiger partial charge in [0.15, 0.2) is 5.65 Å². The highest BCUT2D eigenvalue weighted by atomic mass is 16.6. The van der Waals surface area contributed by atoms with Gasteiger partial charge in [0, 0.05) is 23.8 Å². The van der Waals surface area contributed by atoms with Crippen molar-refractivity contribution in [2.75, 3.05) is 12.4 Å². The highest BCUT2D eigenvalue weighted by Gasteiger charge is 2.18. The number of aromatic nitrogens is 3. The van der Waals surface area contributed by atoms with Crippen LogP contribution in [-0.2, 0) is 11.3 Å². The Hall–Kier alpha value is -4.04. The molecule has 156 valence electrons. The minimum Gasteiger partial charge on any atom is -0.324 e. The predicted molar refractivity (Wildman–Crippen MR) is 119 cm³/mol. The van der Waals surface area contributed by atoms with E-state index in [0.717, 1.165) is 17.8 Å². The summed E-state index contributed by atoms with van der Waals surface area (Å²) < 4.78 is 1.71. The Kier molecular flexibility index (Phi) is 5.72. The maximum Gasteiger partial charge on any atom is 0.280 e. The molecule has 2 heterocycles. The van der Waals surface area contributed by atoms with Crippen molar-refractivity contribution in [3.05, 3.63) is 88.3 Å². The first-order chi connectivity index (χ1) is 15.1. The largest absolute Gasteiger partial charge is 0.324 e. The van der Waals surface area contributed by atoms with Gasteiger partial charge >= 0.3 is 0 Å². The summed E-state index contributed by atoms with van der Waals surface area (Å²) in [7, 11) is 1.31. The molecule has 0 radical (unpaired) electrons. The van der Waals surface area contributed by atoms with Gasteiger partial charge in [-0.05, 0) is 36.2 Å². The van der Waals surface area contributed by atoms with Crippen molar-refractivity contribution in [2.45, 2.75) is 13.3 Å². The van der Waals surface area contributed by atoms with Crippen LogP contribution in [0.1, 0.15) is 22.8 Å². The minimum absolute atomic E-state index is 0.0683. The van der Waals surface area contributed by atoms with Crippen molar-refractivity contribution in [2.24, 2.45) is 0 Å². The Bertz CT molecular complexity index is 1280. The third-order valence-corrected chi connectivity index (χ3v) is 4.84. The summed E-state index contributed by atoms with van der Waals surface area (Å²) in [5.74, 6) is -0.300. The van der Waals surface area contributed by atoms with Crippen LogP contribution in [-0.4, -0.2) is 27.6 Å². The second kappa shape index (κ2) is 8.76. The Morgan fingerprint density at radius 3 is 2.52 bits per heavy atom. The molecule has 0 unspecified atom stereocenters. The lowest BCUT2D eigenvalue weighted by Gasteiger charge is -2.14. The van der Waals surface area contributed by atoms with Gasteiger partial charge < -0.3 is 9.88 Å². The third-order valence-electron chi connectivity index (χ3n) is 4.84. The fourth-order valence-corrected chi connectivity index (χ4v) is 3.22. The van der Waals surface area contributed by atoms with Crippen LogP contribution in [0.2, 0.25) is 0 Å². The van der Waals surface area contributed by atoms with Crippen LogP contribution in [0.15, 0.2) is 71.8 Å². The number of benzene rings is 2. The van der Waals surface area contributed by atoms with E-state index < -0.39 is 11.3 Å². The van der Waals surface area contributed by atoms with Gasteiger partial charge in [-0.15, -0.1) is 0 Å². The van der Waals surface area contributed by atoms with Crippen molar-refractivity contribution in [3.8, 4) is 5.69 Å². The van der Waals surface area contributed by atoms with E-state index in [1.807, 2.05) is 54.6 Å². The van der Waals surface area contributed by atoms with Crippen molar-refractivity contribution in [1.29, 1.82) is 0 Å². The lowest BCUT2D eigenvalue weighted by Crippen LogP contribution is -2.29. The topological polar surface area (TPSA) is 98.1 Å². The van der Waals surface area contributed by atoms with Gasteiger partial charge in [-0.3, -0.25) is 14.4 Å². The molecule has 0 saturated heterocycles. The summed E-state index contributed by atoms with van der Waals surface area (Å²) in [4.78, 5) is 38.9. The molecule has 1 amide bonds. The molecule has 8 heteroatoms. The molecular weight excluding hydrogens is 394 g/mol. The first-order valence-electron chi connectivity index (χ1n) is 9.78. The van der Waals surface area contributed by atoms with Crippen molar-refractivity contribution in [1.82, 2.24) is 20.0 Å². The van der Waals surface area contributed by atoms with Gasteiger partial charge in [0.2, 0.25) is 11.4 Å². The SMILES string of the molecule is CCc1ccc(-n2cc(C(=O)NOC)c(=O)c3cnc(Nc4ccccc4)nc32)cc1. The number of hydrogen-bond acceptors (Lipinski definition) is 6. The van der Waals surface area contributed by atoms with E-state index in [1.165, 1.54) is 25.1 Å². The molecule has 0 spiro atoms. The number of nitrogens with zero attached hydrogens (tertiary/aromatic N) is 3. The zero-order valence-electron chi connectivity index (χ0n) is 17.1. The number of nitrogens with one attached hydrogen (secondary N) is 2. The number of para-hydroxylation sites is 1. The Morgan fingerprint density at radius 1 is 1.10 bits per heavy atom. The van der Waals surface area contributed by atoms with Crippen LogP contribution in [0.5, 0.6) is 0 Å². The van der Waals surface area contributed by atoms with Crippen LogP contribution in [0.3, 0.4) is 0 Å². The first kappa shape index (κ1) is 20.2. The lowest BCUT2D eigenvalue weighted by atomic mass is 10.1. The molecule has 0 aliphatic heterocycles. The van der Waals surface area contributed by atoms with Crippen LogP contribution < -0.4 is 16.2 Å². The van der Waals surface area contributed by atoms with Gasteiger partial charge in [-0.25, -0.2) is 10.5 Å². The summed E-state index contributed by atoms with van der Waals surface area (Å²) >= 11 is 0. The van der Waals surface area contributed by atoms with Gasteiger partial charge in [-0.2, -0.15) is 4.98 Å². The number of carbonyl (C=O) groups is 1. The normalized spacial score (nSPS) is 10.8. The van der Waals surface area contributed by atoms with Crippen molar-refractivity contribution < 1.29 is 9.63 Å². The molecular formula is C23H21N5O3. The smallest absolute Gasteiger partial charge is 0.280 e. The Labute approximate surface area is 178 Å². The molecule has 31 heavy (non-hydrogen) atoms.